The number of nitrogens with one attached hydrogen (secondary N) is 1. The van der Waals surface area contributed by atoms with Gasteiger partial charge in [0, 0.05) is 0 Å². The van der Waals surface area contributed by atoms with Crippen LogP contribution in [-0.2, 0) is 0 Å². The lowest BCUT2D eigenvalue weighted by atomic mass is 10.4. The predicted molar refractivity (Wildman–Crippen MR) is 37.4 cm³/mol. The third-order valence-corrected chi connectivity index (χ3v) is 2.07. The monoisotopic (exact) mass is 170 g/mol. The number of hydrogen-bond donors (Lipinski definition) is 1. The van der Waals surface area contributed by atoms with Crippen molar-refractivity contribution in [2.45, 2.75) is 0 Å². The molecule has 0 aliphatic carbocycles. The maximum Gasteiger partial charge on any atom is 0.192 e. The van der Waals surface area contributed by atoms with E-state index in [1.807, 2.05) is 0 Å². The molecule has 0 aliphatic rings. The Morgan fingerprint density at radius 1 is 1.55 bits per heavy atom. The van der Waals surface area contributed by atoms with Crippen LogP contribution < -0.4 is 0 Å². The predicted octanol–water partition coefficient (Wildman–Crippen LogP) is 1.07. The minimum atomic E-state index is -0.298. The molecule has 0 amide bonds. The van der Waals surface area contributed by atoms with Crippen molar-refractivity contribution in [3.05, 3.63) is 17.3 Å². The molecular weight excluding hydrogens is 167 g/mol. The molecule has 0 spiro atoms. The van der Waals surface area contributed by atoms with Crippen LogP contribution in [0.15, 0.2) is 11.4 Å². The zero-order valence-corrected chi connectivity index (χ0v) is 6.10. The summed E-state index contributed by atoms with van der Waals surface area (Å²) < 4.78 is 12.8. The SMILES string of the molecule is Fc1ccsc1-c1nnn[nH]1. The van der Waals surface area contributed by atoms with E-state index < -0.39 is 0 Å². The van der Waals surface area contributed by atoms with E-state index in [1.165, 1.54) is 17.4 Å². The number of H-pyrrole nitrogens is 1. The molecule has 11 heavy (non-hydrogen) atoms. The smallest absolute Gasteiger partial charge is 0.192 e. The van der Waals surface area contributed by atoms with Gasteiger partial charge in [-0.05, 0) is 21.9 Å². The summed E-state index contributed by atoms with van der Waals surface area (Å²) in [5, 5.41) is 14.4. The molecule has 4 nitrogen and oxygen atoms in total. The van der Waals surface area contributed by atoms with Crippen LogP contribution in [0.3, 0.4) is 0 Å². The molecule has 0 fully saturated rings. The fourth-order valence-electron chi connectivity index (χ4n) is 0.718. The van der Waals surface area contributed by atoms with Gasteiger partial charge in [-0.25, -0.2) is 9.49 Å². The van der Waals surface area contributed by atoms with Crippen molar-refractivity contribution in [1.82, 2.24) is 20.6 Å². The van der Waals surface area contributed by atoms with Crippen LogP contribution in [-0.4, -0.2) is 20.6 Å². The molecule has 6 heteroatoms. The zero-order valence-electron chi connectivity index (χ0n) is 5.28. The number of rotatable bonds is 1. The Kier molecular flexibility index (Phi) is 1.39. The Balaban J connectivity index is 2.53. The topological polar surface area (TPSA) is 54.5 Å². The van der Waals surface area contributed by atoms with Crippen LogP contribution in [0.25, 0.3) is 10.7 Å². The summed E-state index contributed by atoms with van der Waals surface area (Å²) in [6.07, 6.45) is 0. The highest BCUT2D eigenvalue weighted by molar-refractivity contribution is 7.13. The Labute approximate surface area is 65.1 Å². The van der Waals surface area contributed by atoms with Crippen molar-refractivity contribution in [2.75, 3.05) is 0 Å². The number of aromatic nitrogens is 4. The summed E-state index contributed by atoms with van der Waals surface area (Å²) in [4.78, 5) is 0.440. The quantitative estimate of drug-likeness (QED) is 0.696. The van der Waals surface area contributed by atoms with E-state index in [2.05, 4.69) is 20.6 Å². The van der Waals surface area contributed by atoms with Crippen molar-refractivity contribution in [1.29, 1.82) is 0 Å². The lowest BCUT2D eigenvalue weighted by Gasteiger charge is -1.85. The molecule has 1 N–H and O–H groups in total. The first-order valence-electron chi connectivity index (χ1n) is 2.85. The van der Waals surface area contributed by atoms with Gasteiger partial charge in [-0.1, -0.05) is 0 Å². The van der Waals surface area contributed by atoms with Crippen LogP contribution in [0.2, 0.25) is 0 Å². The number of aromatic amines is 1. The van der Waals surface area contributed by atoms with Crippen molar-refractivity contribution < 1.29 is 4.39 Å². The van der Waals surface area contributed by atoms with Gasteiger partial charge in [-0.15, -0.1) is 16.4 Å². The standard InChI is InChI=1S/C5H3FN4S/c6-3-1-2-11-4(3)5-7-9-10-8-5/h1-2H,(H,7,8,9,10). The van der Waals surface area contributed by atoms with Crippen molar-refractivity contribution >= 4 is 11.3 Å². The maximum absolute atomic E-state index is 12.8. The van der Waals surface area contributed by atoms with Gasteiger partial charge >= 0.3 is 0 Å². The van der Waals surface area contributed by atoms with Crippen LogP contribution in [0.5, 0.6) is 0 Å². The molecule has 0 aliphatic heterocycles. The largest absolute Gasteiger partial charge is 0.238 e. The van der Waals surface area contributed by atoms with Gasteiger partial charge in [-0.2, -0.15) is 0 Å². The van der Waals surface area contributed by atoms with Crippen LogP contribution in [0, 0.1) is 5.82 Å². The molecule has 0 atom stereocenters. The summed E-state index contributed by atoms with van der Waals surface area (Å²) >= 11 is 1.26. The van der Waals surface area contributed by atoms with E-state index in [4.69, 9.17) is 0 Å². The lowest BCUT2D eigenvalue weighted by molar-refractivity contribution is 0.635. The van der Waals surface area contributed by atoms with Crippen molar-refractivity contribution in [2.24, 2.45) is 0 Å². The molecule has 0 aromatic carbocycles. The molecule has 56 valence electrons. The van der Waals surface area contributed by atoms with E-state index >= 15 is 0 Å². The normalized spacial score (nSPS) is 10.3. The fourth-order valence-corrected chi connectivity index (χ4v) is 1.42. The summed E-state index contributed by atoms with van der Waals surface area (Å²) in [5.41, 5.74) is 0. The maximum atomic E-state index is 12.8. The van der Waals surface area contributed by atoms with E-state index in [-0.39, 0.29) is 5.82 Å². The van der Waals surface area contributed by atoms with Gasteiger partial charge < -0.3 is 0 Å². The average Bonchev–Trinajstić information content (AvgIpc) is 2.55. The van der Waals surface area contributed by atoms with Crippen LogP contribution >= 0.6 is 11.3 Å². The van der Waals surface area contributed by atoms with Gasteiger partial charge in [0.15, 0.2) is 5.82 Å². The third-order valence-electron chi connectivity index (χ3n) is 1.18. The molecule has 2 rings (SSSR count). The number of halogens is 1. The molecular formula is C5H3FN4S. The molecule has 0 bridgehead atoms. The first kappa shape index (κ1) is 6.41. The Hall–Kier alpha value is -1.30. The summed E-state index contributed by atoms with van der Waals surface area (Å²) in [7, 11) is 0. The minimum Gasteiger partial charge on any atom is -0.238 e. The Morgan fingerprint density at radius 2 is 2.45 bits per heavy atom. The summed E-state index contributed by atoms with van der Waals surface area (Å²) in [6.45, 7) is 0. The second kappa shape index (κ2) is 2.39. The van der Waals surface area contributed by atoms with Gasteiger partial charge in [0.05, 0.1) is 0 Å². The number of thiophene rings is 1. The van der Waals surface area contributed by atoms with E-state index in [9.17, 15) is 4.39 Å². The summed E-state index contributed by atoms with van der Waals surface area (Å²) in [6, 6.07) is 1.38. The number of nitrogens with zero attached hydrogens (tertiary/aromatic N) is 3. The Morgan fingerprint density at radius 3 is 3.00 bits per heavy atom. The second-order valence-electron chi connectivity index (χ2n) is 1.85. The molecule has 0 saturated carbocycles. The minimum absolute atomic E-state index is 0.298. The molecule has 0 radical (unpaired) electrons. The van der Waals surface area contributed by atoms with Gasteiger partial charge in [0.2, 0.25) is 0 Å². The van der Waals surface area contributed by atoms with Crippen molar-refractivity contribution in [3.63, 3.8) is 0 Å². The lowest BCUT2D eigenvalue weighted by Crippen LogP contribution is -1.78. The highest BCUT2D eigenvalue weighted by atomic mass is 32.1. The average molecular weight is 170 g/mol. The molecule has 0 saturated heterocycles. The summed E-state index contributed by atoms with van der Waals surface area (Å²) in [5.74, 6) is 0.0750. The number of tetrazole rings is 1. The van der Waals surface area contributed by atoms with Gasteiger partial charge in [-0.3, -0.25) is 0 Å². The van der Waals surface area contributed by atoms with Crippen LogP contribution in [0.1, 0.15) is 0 Å². The van der Waals surface area contributed by atoms with E-state index in [0.29, 0.717) is 10.7 Å². The van der Waals surface area contributed by atoms with Crippen molar-refractivity contribution in [3.8, 4) is 10.7 Å². The molecule has 0 unspecified atom stereocenters. The van der Waals surface area contributed by atoms with E-state index in [0.717, 1.165) is 0 Å². The fraction of sp³-hybridized carbons (Fsp3) is 0. The Bertz CT molecular complexity index is 341. The first-order valence-corrected chi connectivity index (χ1v) is 3.73. The molecule has 2 aromatic heterocycles. The first-order chi connectivity index (χ1) is 5.38. The van der Waals surface area contributed by atoms with Crippen LogP contribution in [0.4, 0.5) is 4.39 Å². The third kappa shape index (κ3) is 1.01. The molecule has 2 heterocycles. The highest BCUT2D eigenvalue weighted by Crippen LogP contribution is 2.23. The molecule has 2 aromatic rings. The highest BCUT2D eigenvalue weighted by Gasteiger charge is 2.08. The number of hydrogen-bond acceptors (Lipinski definition) is 4. The van der Waals surface area contributed by atoms with E-state index in [1.54, 1.807) is 5.38 Å². The van der Waals surface area contributed by atoms with Gasteiger partial charge in [0.25, 0.3) is 0 Å². The second-order valence-corrected chi connectivity index (χ2v) is 2.76. The zero-order chi connectivity index (χ0) is 7.68. The van der Waals surface area contributed by atoms with Gasteiger partial charge in [0.1, 0.15) is 10.7 Å².